The van der Waals surface area contributed by atoms with Crippen LogP contribution in [0.25, 0.3) is 0 Å². The third kappa shape index (κ3) is 2.82. The van der Waals surface area contributed by atoms with E-state index in [1.807, 2.05) is 27.7 Å². The van der Waals surface area contributed by atoms with Crippen molar-refractivity contribution in [2.75, 3.05) is 0 Å². The summed E-state index contributed by atoms with van der Waals surface area (Å²) in [5.41, 5.74) is 7.25. The molecule has 0 fully saturated rings. The number of hydrogen-bond acceptors (Lipinski definition) is 4. The minimum Gasteiger partial charge on any atom is -0.507 e. The SMILES string of the molecule is Cc1c(C)c(Cc2c(C)c(C)c(O)c(C=O)c2C)c(C)c(C=O)c1O. The number of phenolic OH excluding ortho intramolecular Hbond substituents is 2. The van der Waals surface area contributed by atoms with Gasteiger partial charge < -0.3 is 10.2 Å². The second kappa shape index (κ2) is 6.71. The second-order valence-corrected chi connectivity index (χ2v) is 6.64. The number of phenols is 2. The van der Waals surface area contributed by atoms with Gasteiger partial charge in [0, 0.05) is 0 Å². The topological polar surface area (TPSA) is 74.6 Å². The number of benzene rings is 2. The maximum Gasteiger partial charge on any atom is 0.154 e. The number of aldehydes is 2. The molecule has 0 radical (unpaired) electrons. The van der Waals surface area contributed by atoms with Crippen molar-refractivity contribution in [3.05, 3.63) is 55.6 Å². The molecule has 0 aliphatic rings. The molecular formula is C21H24O4. The van der Waals surface area contributed by atoms with Gasteiger partial charge in [-0.2, -0.15) is 0 Å². The Morgan fingerprint density at radius 3 is 1.20 bits per heavy atom. The highest BCUT2D eigenvalue weighted by Gasteiger charge is 2.21. The molecule has 4 nitrogen and oxygen atoms in total. The molecule has 4 heteroatoms. The molecule has 0 aromatic heterocycles. The van der Waals surface area contributed by atoms with E-state index in [0.717, 1.165) is 33.4 Å². The zero-order valence-corrected chi connectivity index (χ0v) is 15.6. The van der Waals surface area contributed by atoms with Gasteiger partial charge in [0.1, 0.15) is 11.5 Å². The van der Waals surface area contributed by atoms with Crippen LogP contribution in [0.1, 0.15) is 65.2 Å². The van der Waals surface area contributed by atoms with Gasteiger partial charge in [0.2, 0.25) is 0 Å². The van der Waals surface area contributed by atoms with Crippen LogP contribution in [-0.2, 0) is 6.42 Å². The maximum absolute atomic E-state index is 11.4. The summed E-state index contributed by atoms with van der Waals surface area (Å²) < 4.78 is 0. The fourth-order valence-electron chi connectivity index (χ4n) is 3.45. The average Bonchev–Trinajstić information content (AvgIpc) is 2.58. The molecule has 0 saturated heterocycles. The molecule has 0 atom stereocenters. The Hall–Kier alpha value is -2.62. The molecule has 0 unspecified atom stereocenters. The lowest BCUT2D eigenvalue weighted by atomic mass is 9.84. The molecule has 132 valence electrons. The van der Waals surface area contributed by atoms with E-state index in [9.17, 15) is 19.8 Å². The van der Waals surface area contributed by atoms with Gasteiger partial charge in [-0.25, -0.2) is 0 Å². The van der Waals surface area contributed by atoms with Crippen molar-refractivity contribution in [2.45, 2.75) is 48.0 Å². The number of carbonyl (C=O) groups excluding carboxylic acids is 2. The van der Waals surface area contributed by atoms with Crippen molar-refractivity contribution in [1.29, 1.82) is 0 Å². The van der Waals surface area contributed by atoms with Crippen LogP contribution in [-0.4, -0.2) is 22.8 Å². The highest BCUT2D eigenvalue weighted by molar-refractivity contribution is 5.85. The summed E-state index contributed by atoms with van der Waals surface area (Å²) in [6.07, 6.45) is 1.89. The fraction of sp³-hybridized carbons (Fsp3) is 0.333. The predicted octanol–water partition coefficient (Wildman–Crippen LogP) is 4.16. The quantitative estimate of drug-likeness (QED) is 0.819. The predicted molar refractivity (Wildman–Crippen MR) is 98.2 cm³/mol. The van der Waals surface area contributed by atoms with Gasteiger partial charge in [-0.15, -0.1) is 0 Å². The largest absolute Gasteiger partial charge is 0.507 e. The van der Waals surface area contributed by atoms with E-state index < -0.39 is 0 Å². The summed E-state index contributed by atoms with van der Waals surface area (Å²) in [6.45, 7) is 11.1. The Bertz CT molecular complexity index is 819. The molecule has 2 aromatic rings. The van der Waals surface area contributed by atoms with Crippen LogP contribution in [0.15, 0.2) is 0 Å². The molecule has 0 spiro atoms. The molecule has 0 heterocycles. The Labute approximate surface area is 148 Å². The van der Waals surface area contributed by atoms with Crippen LogP contribution in [0.4, 0.5) is 0 Å². The average molecular weight is 340 g/mol. The van der Waals surface area contributed by atoms with Gasteiger partial charge in [-0.1, -0.05) is 0 Å². The van der Waals surface area contributed by atoms with Gasteiger partial charge in [-0.05, 0) is 92.5 Å². The summed E-state index contributed by atoms with van der Waals surface area (Å²) in [5.74, 6) is 0.0512. The van der Waals surface area contributed by atoms with Gasteiger partial charge in [-0.3, -0.25) is 9.59 Å². The Morgan fingerprint density at radius 2 is 0.920 bits per heavy atom. The third-order valence-electron chi connectivity index (χ3n) is 5.55. The molecular weight excluding hydrogens is 316 g/mol. The summed E-state index contributed by atoms with van der Waals surface area (Å²) in [4.78, 5) is 22.8. The van der Waals surface area contributed by atoms with Crippen LogP contribution >= 0.6 is 0 Å². The van der Waals surface area contributed by atoms with Crippen LogP contribution in [0.3, 0.4) is 0 Å². The highest BCUT2D eigenvalue weighted by Crippen LogP contribution is 2.36. The minimum atomic E-state index is 0.0256. The number of carbonyl (C=O) groups is 2. The maximum atomic E-state index is 11.4. The molecule has 2 rings (SSSR count). The Balaban J connectivity index is 2.78. The zero-order valence-electron chi connectivity index (χ0n) is 15.6. The third-order valence-corrected chi connectivity index (χ3v) is 5.55. The van der Waals surface area contributed by atoms with E-state index in [-0.39, 0.29) is 11.5 Å². The lowest BCUT2D eigenvalue weighted by molar-refractivity contribution is 0.111. The monoisotopic (exact) mass is 340 g/mol. The lowest BCUT2D eigenvalue weighted by Crippen LogP contribution is -2.07. The standard InChI is InChI=1S/C21H24O4/c1-10-12(3)20(24)18(8-22)14(5)16(10)7-17-11(2)13(4)21(25)19(9-23)15(17)6/h8-9,24-25H,7H2,1-6H3. The normalized spacial score (nSPS) is 10.8. The van der Waals surface area contributed by atoms with Crippen molar-refractivity contribution >= 4 is 12.6 Å². The molecule has 0 aliphatic carbocycles. The van der Waals surface area contributed by atoms with Gasteiger partial charge in [0.05, 0.1) is 11.1 Å². The van der Waals surface area contributed by atoms with Crippen LogP contribution in [0.5, 0.6) is 11.5 Å². The first-order valence-electron chi connectivity index (χ1n) is 8.20. The van der Waals surface area contributed by atoms with Crippen molar-refractivity contribution < 1.29 is 19.8 Å². The molecule has 25 heavy (non-hydrogen) atoms. The Kier molecular flexibility index (Phi) is 5.02. The number of hydrogen-bond donors (Lipinski definition) is 2. The molecule has 0 amide bonds. The fourth-order valence-corrected chi connectivity index (χ4v) is 3.45. The number of rotatable bonds is 4. The highest BCUT2D eigenvalue weighted by atomic mass is 16.3. The molecule has 0 saturated carbocycles. The van der Waals surface area contributed by atoms with E-state index in [4.69, 9.17) is 0 Å². The smallest absolute Gasteiger partial charge is 0.154 e. The summed E-state index contributed by atoms with van der Waals surface area (Å²) >= 11 is 0. The molecule has 0 aliphatic heterocycles. The lowest BCUT2D eigenvalue weighted by Gasteiger charge is -2.21. The van der Waals surface area contributed by atoms with Crippen molar-refractivity contribution in [3.8, 4) is 11.5 Å². The molecule has 2 aromatic carbocycles. The van der Waals surface area contributed by atoms with E-state index in [1.165, 1.54) is 0 Å². The minimum absolute atomic E-state index is 0.0256. The second-order valence-electron chi connectivity index (χ2n) is 6.64. The van der Waals surface area contributed by atoms with Crippen molar-refractivity contribution in [3.63, 3.8) is 0 Å². The number of aromatic hydroxyl groups is 2. The summed E-state index contributed by atoms with van der Waals surface area (Å²) in [7, 11) is 0. The summed E-state index contributed by atoms with van der Waals surface area (Å²) in [6, 6.07) is 0. The van der Waals surface area contributed by atoms with E-state index in [1.54, 1.807) is 13.8 Å². The van der Waals surface area contributed by atoms with Gasteiger partial charge in [0.25, 0.3) is 0 Å². The van der Waals surface area contributed by atoms with E-state index in [0.29, 0.717) is 41.2 Å². The first-order chi connectivity index (χ1) is 11.7. The van der Waals surface area contributed by atoms with E-state index in [2.05, 4.69) is 0 Å². The van der Waals surface area contributed by atoms with Crippen LogP contribution in [0.2, 0.25) is 0 Å². The molecule has 2 N–H and O–H groups in total. The van der Waals surface area contributed by atoms with Crippen LogP contribution < -0.4 is 0 Å². The van der Waals surface area contributed by atoms with Crippen molar-refractivity contribution in [2.24, 2.45) is 0 Å². The summed E-state index contributed by atoms with van der Waals surface area (Å²) in [5, 5.41) is 20.4. The zero-order chi connectivity index (χ0) is 19.0. The van der Waals surface area contributed by atoms with E-state index >= 15 is 0 Å². The Morgan fingerprint density at radius 1 is 0.600 bits per heavy atom. The molecule has 0 bridgehead atoms. The van der Waals surface area contributed by atoms with Crippen molar-refractivity contribution in [1.82, 2.24) is 0 Å². The van der Waals surface area contributed by atoms with Crippen LogP contribution in [0, 0.1) is 41.5 Å². The first kappa shape index (κ1) is 18.7. The van der Waals surface area contributed by atoms with Gasteiger partial charge in [0.15, 0.2) is 12.6 Å². The first-order valence-corrected chi connectivity index (χ1v) is 8.20. The van der Waals surface area contributed by atoms with Gasteiger partial charge >= 0.3 is 0 Å².